The minimum absolute atomic E-state index is 0.181. The van der Waals surface area contributed by atoms with Crippen LogP contribution in [0.1, 0.15) is 22.8 Å². The van der Waals surface area contributed by atoms with Crippen LogP contribution in [0.4, 0.5) is 5.69 Å². The molecule has 0 aromatic heterocycles. The highest BCUT2D eigenvalue weighted by atomic mass is 79.9. The number of rotatable bonds is 6. The van der Waals surface area contributed by atoms with Crippen LogP contribution in [0, 0.1) is 6.92 Å². The fourth-order valence-corrected chi connectivity index (χ4v) is 2.69. The monoisotopic (exact) mass is 417 g/mol. The van der Waals surface area contributed by atoms with Crippen molar-refractivity contribution in [1.29, 1.82) is 0 Å². The van der Waals surface area contributed by atoms with Crippen molar-refractivity contribution in [3.8, 4) is 0 Å². The van der Waals surface area contributed by atoms with Gasteiger partial charge in [0.15, 0.2) is 0 Å². The molecular formula is C19H20BrN3O3. The van der Waals surface area contributed by atoms with Gasteiger partial charge in [-0.1, -0.05) is 34.1 Å². The van der Waals surface area contributed by atoms with Gasteiger partial charge in [-0.2, -0.15) is 0 Å². The molecule has 3 amide bonds. The van der Waals surface area contributed by atoms with Crippen LogP contribution >= 0.6 is 15.9 Å². The van der Waals surface area contributed by atoms with Crippen molar-refractivity contribution >= 4 is 39.3 Å². The lowest BCUT2D eigenvalue weighted by atomic mass is 10.2. The molecule has 0 radical (unpaired) electrons. The minimum Gasteiger partial charge on any atom is -0.345 e. The highest BCUT2D eigenvalue weighted by Crippen LogP contribution is 2.19. The zero-order chi connectivity index (χ0) is 19.1. The normalized spacial score (nSPS) is 11.3. The summed E-state index contributed by atoms with van der Waals surface area (Å²) in [6, 6.07) is 13.3. The lowest BCUT2D eigenvalue weighted by Gasteiger charge is -2.14. The molecule has 0 aliphatic heterocycles. The Morgan fingerprint density at radius 3 is 2.42 bits per heavy atom. The minimum atomic E-state index is -0.759. The average Bonchev–Trinajstić information content (AvgIpc) is 2.62. The van der Waals surface area contributed by atoms with Gasteiger partial charge in [-0.25, -0.2) is 0 Å². The molecule has 2 rings (SSSR count). The SMILES string of the molecule is Cc1cc(Br)ccc1NC(=O)CNC(=O)[C@H](C)NC(=O)c1ccccc1. The first-order valence-corrected chi connectivity index (χ1v) is 8.85. The van der Waals surface area contributed by atoms with Crippen molar-refractivity contribution in [1.82, 2.24) is 10.6 Å². The van der Waals surface area contributed by atoms with Gasteiger partial charge in [-0.05, 0) is 49.7 Å². The van der Waals surface area contributed by atoms with E-state index >= 15 is 0 Å². The number of amides is 3. The molecule has 7 heteroatoms. The van der Waals surface area contributed by atoms with Crippen LogP contribution in [0.3, 0.4) is 0 Å². The van der Waals surface area contributed by atoms with Gasteiger partial charge in [0.05, 0.1) is 6.54 Å². The molecule has 2 aromatic carbocycles. The van der Waals surface area contributed by atoms with E-state index in [1.807, 2.05) is 19.1 Å². The Kier molecular flexibility index (Phi) is 6.91. The molecule has 3 N–H and O–H groups in total. The van der Waals surface area contributed by atoms with E-state index in [-0.39, 0.29) is 18.4 Å². The third-order valence-electron chi connectivity index (χ3n) is 3.66. The van der Waals surface area contributed by atoms with Gasteiger partial charge in [0.1, 0.15) is 6.04 Å². The van der Waals surface area contributed by atoms with Gasteiger partial charge < -0.3 is 16.0 Å². The van der Waals surface area contributed by atoms with Gasteiger partial charge in [0.2, 0.25) is 11.8 Å². The third-order valence-corrected chi connectivity index (χ3v) is 4.16. The zero-order valence-corrected chi connectivity index (χ0v) is 16.1. The van der Waals surface area contributed by atoms with E-state index in [0.717, 1.165) is 10.0 Å². The van der Waals surface area contributed by atoms with E-state index in [9.17, 15) is 14.4 Å². The molecular weight excluding hydrogens is 398 g/mol. The highest BCUT2D eigenvalue weighted by molar-refractivity contribution is 9.10. The number of hydrogen-bond acceptors (Lipinski definition) is 3. The number of nitrogens with one attached hydrogen (secondary N) is 3. The molecule has 0 saturated carbocycles. The summed E-state index contributed by atoms with van der Waals surface area (Å²) in [5.74, 6) is -1.12. The number of carbonyl (C=O) groups is 3. The zero-order valence-electron chi connectivity index (χ0n) is 14.5. The van der Waals surface area contributed by atoms with Gasteiger partial charge in [-0.3, -0.25) is 14.4 Å². The Hall–Kier alpha value is -2.67. The van der Waals surface area contributed by atoms with E-state index in [0.29, 0.717) is 11.3 Å². The Bertz CT molecular complexity index is 809. The van der Waals surface area contributed by atoms with Crippen LogP contribution in [0.5, 0.6) is 0 Å². The van der Waals surface area contributed by atoms with E-state index in [1.54, 1.807) is 43.3 Å². The summed E-state index contributed by atoms with van der Waals surface area (Å²) >= 11 is 3.36. The van der Waals surface area contributed by atoms with Crippen molar-refractivity contribution in [2.45, 2.75) is 19.9 Å². The summed E-state index contributed by atoms with van der Waals surface area (Å²) in [5.41, 5.74) is 2.05. The molecule has 0 unspecified atom stereocenters. The number of hydrogen-bond donors (Lipinski definition) is 3. The molecule has 6 nitrogen and oxygen atoms in total. The largest absolute Gasteiger partial charge is 0.345 e. The van der Waals surface area contributed by atoms with Crippen LogP contribution in [-0.4, -0.2) is 30.3 Å². The van der Waals surface area contributed by atoms with E-state index in [1.165, 1.54) is 0 Å². The number of halogens is 1. The predicted octanol–water partition coefficient (Wildman–Crippen LogP) is 2.63. The Labute approximate surface area is 160 Å². The standard InChI is InChI=1S/C19H20BrN3O3/c1-12-10-15(20)8-9-16(12)23-17(24)11-21-18(25)13(2)22-19(26)14-6-4-3-5-7-14/h3-10,13H,11H2,1-2H3,(H,21,25)(H,22,26)(H,23,24)/t13-/m0/s1. The molecule has 0 aliphatic carbocycles. The van der Waals surface area contributed by atoms with Crippen LogP contribution in [-0.2, 0) is 9.59 Å². The molecule has 136 valence electrons. The van der Waals surface area contributed by atoms with Crippen LogP contribution in [0.25, 0.3) is 0 Å². The van der Waals surface area contributed by atoms with Gasteiger partial charge in [0, 0.05) is 15.7 Å². The lowest BCUT2D eigenvalue weighted by molar-refractivity contribution is -0.125. The molecule has 0 heterocycles. The first-order chi connectivity index (χ1) is 12.4. The number of benzene rings is 2. The molecule has 1 atom stereocenters. The van der Waals surface area contributed by atoms with Crippen LogP contribution in [0.15, 0.2) is 53.0 Å². The quantitative estimate of drug-likeness (QED) is 0.674. The van der Waals surface area contributed by atoms with Crippen molar-refractivity contribution in [3.63, 3.8) is 0 Å². The fraction of sp³-hybridized carbons (Fsp3) is 0.211. The first-order valence-electron chi connectivity index (χ1n) is 8.06. The Morgan fingerprint density at radius 1 is 1.08 bits per heavy atom. The van der Waals surface area contributed by atoms with Crippen molar-refractivity contribution < 1.29 is 14.4 Å². The number of carbonyl (C=O) groups excluding carboxylic acids is 3. The summed E-state index contributed by atoms with van der Waals surface area (Å²) in [5, 5.41) is 7.85. The van der Waals surface area contributed by atoms with Crippen molar-refractivity contribution in [2.75, 3.05) is 11.9 Å². The Balaban J connectivity index is 1.81. The Morgan fingerprint density at radius 2 is 1.77 bits per heavy atom. The fourth-order valence-electron chi connectivity index (χ4n) is 2.22. The summed E-state index contributed by atoms with van der Waals surface area (Å²) in [4.78, 5) is 36.1. The third kappa shape index (κ3) is 5.70. The molecule has 0 saturated heterocycles. The molecule has 0 fully saturated rings. The molecule has 2 aromatic rings. The highest BCUT2D eigenvalue weighted by Gasteiger charge is 2.17. The topological polar surface area (TPSA) is 87.3 Å². The molecule has 0 bridgehead atoms. The van der Waals surface area contributed by atoms with E-state index < -0.39 is 11.9 Å². The average molecular weight is 418 g/mol. The van der Waals surface area contributed by atoms with Gasteiger partial charge in [-0.15, -0.1) is 0 Å². The van der Waals surface area contributed by atoms with Crippen molar-refractivity contribution in [3.05, 3.63) is 64.1 Å². The summed E-state index contributed by atoms with van der Waals surface area (Å²) in [6.07, 6.45) is 0. The van der Waals surface area contributed by atoms with E-state index in [4.69, 9.17) is 0 Å². The van der Waals surface area contributed by atoms with Gasteiger partial charge >= 0.3 is 0 Å². The molecule has 0 spiro atoms. The second kappa shape index (κ2) is 9.15. The van der Waals surface area contributed by atoms with Crippen LogP contribution in [0.2, 0.25) is 0 Å². The maximum Gasteiger partial charge on any atom is 0.251 e. The first kappa shape index (κ1) is 19.7. The number of anilines is 1. The smallest absolute Gasteiger partial charge is 0.251 e. The summed E-state index contributed by atoms with van der Waals surface area (Å²) in [7, 11) is 0. The maximum absolute atomic E-state index is 12.1. The lowest BCUT2D eigenvalue weighted by Crippen LogP contribution is -2.46. The second-order valence-electron chi connectivity index (χ2n) is 5.79. The second-order valence-corrected chi connectivity index (χ2v) is 6.70. The summed E-state index contributed by atoms with van der Waals surface area (Å²) < 4.78 is 0.921. The predicted molar refractivity (Wildman–Crippen MR) is 104 cm³/mol. The van der Waals surface area contributed by atoms with E-state index in [2.05, 4.69) is 31.9 Å². The molecule has 26 heavy (non-hydrogen) atoms. The van der Waals surface area contributed by atoms with Gasteiger partial charge in [0.25, 0.3) is 5.91 Å². The number of aryl methyl sites for hydroxylation is 1. The summed E-state index contributed by atoms with van der Waals surface area (Å²) in [6.45, 7) is 3.26. The van der Waals surface area contributed by atoms with Crippen molar-refractivity contribution in [2.24, 2.45) is 0 Å². The molecule has 0 aliphatic rings. The van der Waals surface area contributed by atoms with Crippen LogP contribution < -0.4 is 16.0 Å². The maximum atomic E-state index is 12.1.